The van der Waals surface area contributed by atoms with E-state index in [-0.39, 0.29) is 17.2 Å². The van der Waals surface area contributed by atoms with E-state index in [4.69, 9.17) is 0 Å². The maximum atomic E-state index is 12.7. The molecule has 1 fully saturated rings. The van der Waals surface area contributed by atoms with E-state index in [0.29, 0.717) is 0 Å². The molecular formula is C22H19N3O. The van der Waals surface area contributed by atoms with Crippen molar-refractivity contribution in [1.82, 2.24) is 10.4 Å². The molecule has 1 atom stereocenters. The topological polar surface area (TPSA) is 54.4 Å². The summed E-state index contributed by atoms with van der Waals surface area (Å²) < 4.78 is 0. The fourth-order valence-electron chi connectivity index (χ4n) is 3.55. The molecule has 4 rings (SSSR count). The van der Waals surface area contributed by atoms with Gasteiger partial charge in [-0.2, -0.15) is 5.10 Å². The maximum Gasteiger partial charge on any atom is 0.244 e. The quantitative estimate of drug-likeness (QED) is 0.570. The highest BCUT2D eigenvalue weighted by Crippen LogP contribution is 2.58. The normalized spacial score (nSPS) is 17.8. The van der Waals surface area contributed by atoms with E-state index in [9.17, 15) is 4.79 Å². The zero-order valence-corrected chi connectivity index (χ0v) is 14.2. The van der Waals surface area contributed by atoms with Crippen molar-refractivity contribution in [1.29, 1.82) is 0 Å². The van der Waals surface area contributed by atoms with Gasteiger partial charge in [0, 0.05) is 17.8 Å². The van der Waals surface area contributed by atoms with Gasteiger partial charge in [0.05, 0.1) is 12.1 Å². The van der Waals surface area contributed by atoms with Gasteiger partial charge in [0.1, 0.15) is 0 Å². The summed E-state index contributed by atoms with van der Waals surface area (Å²) in [5, 5.41) is 4.10. The molecule has 1 saturated carbocycles. The van der Waals surface area contributed by atoms with Crippen molar-refractivity contribution in [3.8, 4) is 0 Å². The van der Waals surface area contributed by atoms with E-state index in [2.05, 4.69) is 39.8 Å². The Labute approximate surface area is 152 Å². The molecule has 0 aliphatic heterocycles. The highest BCUT2D eigenvalue weighted by molar-refractivity contribution is 5.87. The number of carbonyl (C=O) groups excluding carboxylic acids is 1. The molecule has 1 N–H and O–H groups in total. The lowest BCUT2D eigenvalue weighted by atomic mass is 9.85. The maximum absolute atomic E-state index is 12.7. The second kappa shape index (κ2) is 6.92. The summed E-state index contributed by atoms with van der Waals surface area (Å²) in [6.45, 7) is 0. The van der Waals surface area contributed by atoms with Gasteiger partial charge in [-0.1, -0.05) is 60.7 Å². The Hall–Kier alpha value is -3.27. The monoisotopic (exact) mass is 341 g/mol. The number of amides is 1. The van der Waals surface area contributed by atoms with Crippen molar-refractivity contribution >= 4 is 12.1 Å². The minimum atomic E-state index is -0.265. The first-order valence-electron chi connectivity index (χ1n) is 8.65. The summed E-state index contributed by atoms with van der Waals surface area (Å²) in [6, 6.07) is 24.2. The molecule has 128 valence electrons. The SMILES string of the molecule is O=C(N/N=C\c1ccncc1)[C@H]1CC1(c1ccccc1)c1ccccc1. The van der Waals surface area contributed by atoms with Crippen LogP contribution >= 0.6 is 0 Å². The third kappa shape index (κ3) is 3.02. The lowest BCUT2D eigenvalue weighted by Gasteiger charge is -2.18. The Bertz CT molecular complexity index is 868. The largest absolute Gasteiger partial charge is 0.273 e. The van der Waals surface area contributed by atoms with Crippen LogP contribution in [0.5, 0.6) is 0 Å². The van der Waals surface area contributed by atoms with E-state index < -0.39 is 0 Å². The van der Waals surface area contributed by atoms with E-state index in [1.54, 1.807) is 18.6 Å². The fraction of sp³-hybridized carbons (Fsp3) is 0.136. The van der Waals surface area contributed by atoms with Gasteiger partial charge in [0.25, 0.3) is 0 Å². The minimum Gasteiger partial charge on any atom is -0.273 e. The summed E-state index contributed by atoms with van der Waals surface area (Å²) in [6.07, 6.45) is 5.81. The van der Waals surface area contributed by atoms with Gasteiger partial charge in [-0.15, -0.1) is 0 Å². The van der Waals surface area contributed by atoms with Crippen LogP contribution < -0.4 is 5.43 Å². The zero-order valence-electron chi connectivity index (χ0n) is 14.2. The molecule has 1 aromatic heterocycles. The molecule has 4 nitrogen and oxygen atoms in total. The molecule has 0 spiro atoms. The zero-order chi connectivity index (χ0) is 17.8. The average molecular weight is 341 g/mol. The number of benzene rings is 2. The molecule has 0 radical (unpaired) electrons. The van der Waals surface area contributed by atoms with Crippen LogP contribution in [0, 0.1) is 5.92 Å². The lowest BCUT2D eigenvalue weighted by molar-refractivity contribution is -0.122. The van der Waals surface area contributed by atoms with E-state index in [0.717, 1.165) is 12.0 Å². The van der Waals surface area contributed by atoms with Crippen LogP contribution in [0.3, 0.4) is 0 Å². The lowest BCUT2D eigenvalue weighted by Crippen LogP contribution is -2.25. The van der Waals surface area contributed by atoms with Crippen molar-refractivity contribution in [3.63, 3.8) is 0 Å². The Morgan fingerprint density at radius 2 is 1.54 bits per heavy atom. The van der Waals surface area contributed by atoms with Gasteiger partial charge in [-0.05, 0) is 35.2 Å². The van der Waals surface area contributed by atoms with E-state index in [1.807, 2.05) is 48.5 Å². The highest BCUT2D eigenvalue weighted by Gasteiger charge is 2.60. The van der Waals surface area contributed by atoms with Gasteiger partial charge in [-0.25, -0.2) is 5.43 Å². The Kier molecular flexibility index (Phi) is 4.32. The Balaban J connectivity index is 1.55. The van der Waals surface area contributed by atoms with Gasteiger partial charge < -0.3 is 0 Å². The van der Waals surface area contributed by atoms with Crippen molar-refractivity contribution < 1.29 is 4.79 Å². The number of rotatable bonds is 5. The summed E-state index contributed by atoms with van der Waals surface area (Å²) in [5.41, 5.74) is 5.67. The first kappa shape index (κ1) is 16.2. The molecule has 0 bridgehead atoms. The van der Waals surface area contributed by atoms with Crippen LogP contribution in [0.4, 0.5) is 0 Å². The molecule has 0 unspecified atom stereocenters. The highest BCUT2D eigenvalue weighted by atomic mass is 16.2. The van der Waals surface area contributed by atoms with Crippen LogP contribution in [0.2, 0.25) is 0 Å². The summed E-state index contributed by atoms with van der Waals surface area (Å²) in [5.74, 6) is -0.176. The molecule has 0 saturated heterocycles. The first-order chi connectivity index (χ1) is 12.8. The van der Waals surface area contributed by atoms with Crippen LogP contribution in [-0.2, 0) is 10.2 Å². The van der Waals surface area contributed by atoms with E-state index in [1.165, 1.54) is 11.1 Å². The van der Waals surface area contributed by atoms with Gasteiger partial charge in [-0.3, -0.25) is 9.78 Å². The van der Waals surface area contributed by atoms with Gasteiger partial charge >= 0.3 is 0 Å². The third-order valence-corrected chi connectivity index (χ3v) is 4.95. The number of carbonyl (C=O) groups is 1. The minimum absolute atomic E-state index is 0.0528. The fourth-order valence-corrected chi connectivity index (χ4v) is 3.55. The van der Waals surface area contributed by atoms with Gasteiger partial charge in [0.15, 0.2) is 0 Å². The predicted octanol–water partition coefficient (Wildman–Crippen LogP) is 3.54. The molecule has 1 heterocycles. The summed E-state index contributed by atoms with van der Waals surface area (Å²) in [7, 11) is 0. The number of aromatic nitrogens is 1. The molecule has 1 amide bonds. The Morgan fingerprint density at radius 3 is 2.12 bits per heavy atom. The van der Waals surface area contributed by atoms with Crippen LogP contribution in [-0.4, -0.2) is 17.1 Å². The number of pyridine rings is 1. The van der Waals surface area contributed by atoms with Crippen LogP contribution in [0.1, 0.15) is 23.1 Å². The van der Waals surface area contributed by atoms with Crippen molar-refractivity contribution in [2.45, 2.75) is 11.8 Å². The number of hydrogen-bond donors (Lipinski definition) is 1. The average Bonchev–Trinajstić information content (AvgIpc) is 3.47. The van der Waals surface area contributed by atoms with Gasteiger partial charge in [0.2, 0.25) is 5.91 Å². The molecule has 2 aromatic carbocycles. The standard InChI is InChI=1S/C22H19N3O/c26-21(25-24-16-17-11-13-23-14-12-17)20-15-22(20,18-7-3-1-4-8-18)19-9-5-2-6-10-19/h1-14,16,20H,15H2,(H,25,26)/b24-16-/t20-/m1/s1. The summed E-state index contributed by atoms with van der Waals surface area (Å²) in [4.78, 5) is 16.7. The van der Waals surface area contributed by atoms with Crippen molar-refractivity contribution in [3.05, 3.63) is 102 Å². The van der Waals surface area contributed by atoms with E-state index >= 15 is 0 Å². The number of nitrogens with zero attached hydrogens (tertiary/aromatic N) is 2. The van der Waals surface area contributed by atoms with Crippen LogP contribution in [0.25, 0.3) is 0 Å². The first-order valence-corrected chi connectivity index (χ1v) is 8.65. The summed E-state index contributed by atoms with van der Waals surface area (Å²) >= 11 is 0. The van der Waals surface area contributed by atoms with Crippen molar-refractivity contribution in [2.24, 2.45) is 11.0 Å². The van der Waals surface area contributed by atoms with Crippen molar-refractivity contribution in [2.75, 3.05) is 0 Å². The Morgan fingerprint density at radius 1 is 0.962 bits per heavy atom. The molecule has 1 aliphatic carbocycles. The predicted molar refractivity (Wildman–Crippen MR) is 102 cm³/mol. The molecule has 3 aromatic rings. The van der Waals surface area contributed by atoms with Crippen LogP contribution in [0.15, 0.2) is 90.3 Å². The number of nitrogens with one attached hydrogen (secondary N) is 1. The molecule has 4 heteroatoms. The molecule has 1 aliphatic rings. The molecule has 26 heavy (non-hydrogen) atoms. The second-order valence-electron chi connectivity index (χ2n) is 6.47. The number of hydrogen-bond acceptors (Lipinski definition) is 3. The smallest absolute Gasteiger partial charge is 0.244 e. The molecular weight excluding hydrogens is 322 g/mol. The third-order valence-electron chi connectivity index (χ3n) is 4.95. The second-order valence-corrected chi connectivity index (χ2v) is 6.47. The number of hydrazone groups is 1.